The predicted octanol–water partition coefficient (Wildman–Crippen LogP) is -0.618. The van der Waals surface area contributed by atoms with Crippen molar-refractivity contribution in [2.24, 2.45) is 11.5 Å². The van der Waals surface area contributed by atoms with Crippen molar-refractivity contribution in [2.45, 2.75) is 50.2 Å². The molecule has 1 aliphatic heterocycles. The van der Waals surface area contributed by atoms with Crippen LogP contribution in [0.4, 0.5) is 0 Å². The summed E-state index contributed by atoms with van der Waals surface area (Å²) >= 11 is 0. The summed E-state index contributed by atoms with van der Waals surface area (Å²) in [4.78, 5) is 49.0. The molecular formula is C19H26N4O5. The molecule has 0 spiro atoms. The van der Waals surface area contributed by atoms with Crippen LogP contribution in [-0.2, 0) is 25.6 Å². The average Bonchev–Trinajstić information content (AvgIpc) is 3.15. The normalized spacial score (nSPS) is 18.3. The van der Waals surface area contributed by atoms with Crippen molar-refractivity contribution in [3.63, 3.8) is 0 Å². The van der Waals surface area contributed by atoms with Gasteiger partial charge in [0, 0.05) is 19.4 Å². The zero-order chi connectivity index (χ0) is 20.7. The number of nitrogens with one attached hydrogen (secondary N) is 1. The fraction of sp³-hybridized carbons (Fsp3) is 0.474. The van der Waals surface area contributed by atoms with Crippen molar-refractivity contribution in [1.82, 2.24) is 10.2 Å². The molecule has 9 nitrogen and oxygen atoms in total. The number of nitrogens with zero attached hydrogens (tertiary/aromatic N) is 1. The molecular weight excluding hydrogens is 364 g/mol. The Hall–Kier alpha value is -2.94. The maximum absolute atomic E-state index is 12.7. The number of rotatable bonds is 9. The number of aliphatic carboxylic acids is 1. The second-order valence-electron chi connectivity index (χ2n) is 6.89. The standard InChI is InChI=1S/C19H26N4O5/c20-13(8-9-16(21)24)18(26)23-10-4-7-15(23)17(25)22-14(19(27)28)11-12-5-2-1-3-6-12/h1-3,5-6,13-15H,4,7-11,20H2,(H2,21,24)(H,22,25)(H,27,28)/t13-,14-,15-/m0/s1. The molecule has 3 atom stereocenters. The fourth-order valence-corrected chi connectivity index (χ4v) is 3.26. The van der Waals surface area contributed by atoms with E-state index in [-0.39, 0.29) is 19.3 Å². The van der Waals surface area contributed by atoms with Crippen LogP contribution in [0.25, 0.3) is 0 Å². The van der Waals surface area contributed by atoms with Crippen LogP contribution in [0.15, 0.2) is 30.3 Å². The summed E-state index contributed by atoms with van der Waals surface area (Å²) in [6, 6.07) is 6.17. The highest BCUT2D eigenvalue weighted by molar-refractivity contribution is 5.92. The molecule has 2 rings (SSSR count). The maximum Gasteiger partial charge on any atom is 0.326 e. The van der Waals surface area contributed by atoms with Gasteiger partial charge in [-0.3, -0.25) is 14.4 Å². The van der Waals surface area contributed by atoms with Crippen LogP contribution in [0.1, 0.15) is 31.2 Å². The Morgan fingerprint density at radius 2 is 1.89 bits per heavy atom. The number of amides is 3. The molecule has 28 heavy (non-hydrogen) atoms. The van der Waals surface area contributed by atoms with Crippen LogP contribution in [0, 0.1) is 0 Å². The number of carbonyl (C=O) groups excluding carboxylic acids is 3. The van der Waals surface area contributed by atoms with Gasteiger partial charge in [0.15, 0.2) is 0 Å². The van der Waals surface area contributed by atoms with Gasteiger partial charge in [0.1, 0.15) is 12.1 Å². The first-order valence-corrected chi connectivity index (χ1v) is 9.21. The van der Waals surface area contributed by atoms with E-state index in [1.807, 2.05) is 6.07 Å². The highest BCUT2D eigenvalue weighted by Crippen LogP contribution is 2.19. The lowest BCUT2D eigenvalue weighted by Gasteiger charge is -2.27. The number of primary amides is 1. The smallest absolute Gasteiger partial charge is 0.326 e. The summed E-state index contributed by atoms with van der Waals surface area (Å²) in [5.41, 5.74) is 11.7. The van der Waals surface area contributed by atoms with Crippen molar-refractivity contribution < 1.29 is 24.3 Å². The van der Waals surface area contributed by atoms with E-state index in [0.717, 1.165) is 5.56 Å². The quantitative estimate of drug-likeness (QED) is 0.440. The Labute approximate surface area is 163 Å². The SMILES string of the molecule is NC(=O)CC[C@H](N)C(=O)N1CCC[C@H]1C(=O)N[C@@H](Cc1ccccc1)C(=O)O. The van der Waals surface area contributed by atoms with Crippen LogP contribution >= 0.6 is 0 Å². The van der Waals surface area contributed by atoms with Crippen molar-refractivity contribution in [1.29, 1.82) is 0 Å². The second kappa shape index (κ2) is 9.84. The van der Waals surface area contributed by atoms with Gasteiger partial charge >= 0.3 is 5.97 Å². The van der Waals surface area contributed by atoms with E-state index in [2.05, 4.69) is 5.32 Å². The number of hydrogen-bond donors (Lipinski definition) is 4. The molecule has 1 aromatic carbocycles. The fourth-order valence-electron chi connectivity index (χ4n) is 3.26. The third-order valence-corrected chi connectivity index (χ3v) is 4.75. The molecule has 0 bridgehead atoms. The summed E-state index contributed by atoms with van der Waals surface area (Å²) < 4.78 is 0. The number of carboxylic acid groups (broad SMARTS) is 1. The second-order valence-corrected chi connectivity index (χ2v) is 6.89. The van der Waals surface area contributed by atoms with E-state index in [4.69, 9.17) is 11.5 Å². The number of hydrogen-bond acceptors (Lipinski definition) is 5. The zero-order valence-electron chi connectivity index (χ0n) is 15.5. The topological polar surface area (TPSA) is 156 Å². The third kappa shape index (κ3) is 5.78. The van der Waals surface area contributed by atoms with Crippen LogP contribution in [0.3, 0.4) is 0 Å². The molecule has 1 aromatic rings. The minimum Gasteiger partial charge on any atom is -0.480 e. The first-order chi connectivity index (χ1) is 13.3. The molecule has 1 heterocycles. The number of carbonyl (C=O) groups is 4. The summed E-state index contributed by atoms with van der Waals surface area (Å²) in [7, 11) is 0. The van der Waals surface area contributed by atoms with E-state index >= 15 is 0 Å². The first kappa shape index (κ1) is 21.4. The Morgan fingerprint density at radius 1 is 1.21 bits per heavy atom. The van der Waals surface area contributed by atoms with Gasteiger partial charge < -0.3 is 26.8 Å². The number of likely N-dealkylation sites (tertiary alicyclic amines) is 1. The lowest BCUT2D eigenvalue weighted by Crippen LogP contribution is -2.54. The van der Waals surface area contributed by atoms with Gasteiger partial charge in [0.2, 0.25) is 17.7 Å². The summed E-state index contributed by atoms with van der Waals surface area (Å²) in [5, 5.41) is 12.0. The Balaban J connectivity index is 2.01. The molecule has 1 fully saturated rings. The van der Waals surface area contributed by atoms with Gasteiger partial charge in [-0.15, -0.1) is 0 Å². The third-order valence-electron chi connectivity index (χ3n) is 4.75. The average molecular weight is 390 g/mol. The Morgan fingerprint density at radius 3 is 2.50 bits per heavy atom. The molecule has 6 N–H and O–H groups in total. The molecule has 0 saturated carbocycles. The largest absolute Gasteiger partial charge is 0.480 e. The predicted molar refractivity (Wildman–Crippen MR) is 101 cm³/mol. The van der Waals surface area contributed by atoms with Crippen molar-refractivity contribution in [3.8, 4) is 0 Å². The molecule has 152 valence electrons. The molecule has 9 heteroatoms. The summed E-state index contributed by atoms with van der Waals surface area (Å²) in [6.07, 6.45) is 1.27. The van der Waals surface area contributed by atoms with Crippen molar-refractivity contribution in [2.75, 3.05) is 6.54 Å². The van der Waals surface area contributed by atoms with Crippen LogP contribution < -0.4 is 16.8 Å². The maximum atomic E-state index is 12.7. The number of carboxylic acids is 1. The van der Waals surface area contributed by atoms with E-state index < -0.39 is 41.8 Å². The molecule has 1 saturated heterocycles. The van der Waals surface area contributed by atoms with Crippen molar-refractivity contribution >= 4 is 23.7 Å². The monoisotopic (exact) mass is 390 g/mol. The number of nitrogens with two attached hydrogens (primary N) is 2. The van der Waals surface area contributed by atoms with Crippen LogP contribution in [-0.4, -0.2) is 58.4 Å². The van der Waals surface area contributed by atoms with Crippen LogP contribution in [0.2, 0.25) is 0 Å². The van der Waals surface area contributed by atoms with E-state index in [0.29, 0.717) is 19.4 Å². The molecule has 0 unspecified atom stereocenters. The highest BCUT2D eigenvalue weighted by Gasteiger charge is 2.37. The molecule has 0 radical (unpaired) electrons. The van der Waals surface area contributed by atoms with E-state index in [1.54, 1.807) is 24.3 Å². The molecule has 1 aliphatic rings. The van der Waals surface area contributed by atoms with Gasteiger partial charge in [0.05, 0.1) is 6.04 Å². The molecule has 0 aliphatic carbocycles. The Kier molecular flexibility index (Phi) is 7.51. The van der Waals surface area contributed by atoms with Crippen LogP contribution in [0.5, 0.6) is 0 Å². The first-order valence-electron chi connectivity index (χ1n) is 9.21. The van der Waals surface area contributed by atoms with Crippen molar-refractivity contribution in [3.05, 3.63) is 35.9 Å². The summed E-state index contributed by atoms with van der Waals surface area (Å²) in [5.74, 6) is -2.65. The lowest BCUT2D eigenvalue weighted by molar-refractivity contribution is -0.144. The van der Waals surface area contributed by atoms with E-state index in [1.165, 1.54) is 4.90 Å². The zero-order valence-corrected chi connectivity index (χ0v) is 15.5. The van der Waals surface area contributed by atoms with Gasteiger partial charge in [-0.25, -0.2) is 4.79 Å². The van der Waals surface area contributed by atoms with Gasteiger partial charge in [-0.1, -0.05) is 30.3 Å². The van der Waals surface area contributed by atoms with E-state index in [9.17, 15) is 24.3 Å². The molecule has 3 amide bonds. The lowest BCUT2D eigenvalue weighted by atomic mass is 10.0. The van der Waals surface area contributed by atoms with Gasteiger partial charge in [0.25, 0.3) is 0 Å². The Bertz CT molecular complexity index is 724. The minimum absolute atomic E-state index is 0.0181. The molecule has 0 aromatic heterocycles. The number of benzene rings is 1. The van der Waals surface area contributed by atoms with Gasteiger partial charge in [-0.05, 0) is 24.8 Å². The summed E-state index contributed by atoms with van der Waals surface area (Å²) in [6.45, 7) is 0.359. The minimum atomic E-state index is -1.15. The van der Waals surface area contributed by atoms with Gasteiger partial charge in [-0.2, -0.15) is 0 Å². The highest BCUT2D eigenvalue weighted by atomic mass is 16.4.